The van der Waals surface area contributed by atoms with Gasteiger partial charge in [0.2, 0.25) is 0 Å². The second-order valence-corrected chi connectivity index (χ2v) is 24.1. The van der Waals surface area contributed by atoms with Crippen LogP contribution < -0.4 is 25.6 Å². The van der Waals surface area contributed by atoms with E-state index in [1.54, 1.807) is 21.1 Å². The fourth-order valence-electron chi connectivity index (χ4n) is 14.5. The van der Waals surface area contributed by atoms with E-state index in [4.69, 9.17) is 0 Å². The molecule has 1 unspecified atom stereocenters. The fourth-order valence-corrected chi connectivity index (χ4v) is 20.2. The molecule has 0 bridgehead atoms. The lowest BCUT2D eigenvalue weighted by Crippen LogP contribution is -2.70. The molecule has 0 aromatic heterocycles. The molecule has 314 valence electrons. The maximum absolute atomic E-state index is 2.76. The standard InChI is InChI=1S/C64H49NSi/c1-63(2)51-25-11-6-22-45(51)50-38-56-58(39-55(50)63)65(57-29-15-14-28-54(57)64(56)52-26-12-7-20-43(52)44-21-8-13-27-53(44)64)42-33-35-49-47-24-10-17-31-60(47)66(62(49)37-42)59-30-16-9-23-46(59)48-34-32-41(36-61(48)66)40-18-4-3-5-19-40/h6-17,20-40H,3-5,18-19H2,1-2H3. The van der Waals surface area contributed by atoms with E-state index in [9.17, 15) is 0 Å². The summed E-state index contributed by atoms with van der Waals surface area (Å²) in [5.41, 5.74) is 23.9. The van der Waals surface area contributed by atoms with Gasteiger partial charge in [-0.1, -0.05) is 197 Å². The first-order valence-electron chi connectivity index (χ1n) is 24.4. The largest absolute Gasteiger partial charge is 0.310 e. The third-order valence-electron chi connectivity index (χ3n) is 17.3. The van der Waals surface area contributed by atoms with E-state index < -0.39 is 13.5 Å². The summed E-state index contributed by atoms with van der Waals surface area (Å²) >= 11 is 0. The van der Waals surface area contributed by atoms with E-state index in [-0.39, 0.29) is 5.41 Å². The van der Waals surface area contributed by atoms with Crippen molar-refractivity contribution >= 4 is 45.9 Å². The molecule has 2 spiro atoms. The molecule has 3 aliphatic heterocycles. The van der Waals surface area contributed by atoms with Crippen molar-refractivity contribution in [2.75, 3.05) is 4.90 Å². The summed E-state index contributed by atoms with van der Waals surface area (Å²) in [7, 11) is -2.76. The zero-order valence-corrected chi connectivity index (χ0v) is 38.5. The van der Waals surface area contributed by atoms with Gasteiger partial charge in [-0.25, -0.2) is 0 Å². The maximum Gasteiger partial charge on any atom is 0.182 e. The molecule has 3 aliphatic carbocycles. The molecule has 9 aromatic rings. The molecular formula is C64H49NSi. The molecule has 9 aromatic carbocycles. The SMILES string of the molecule is CC1(C)c2ccccc2-c2cc3c(cc21)N(c1ccc2c(c1)[Si]1(c4ccccc4-c4ccc(C5CCCCC5)cc41)c1ccccc1-2)c1ccccc1C31c2ccccc2-c2ccccc21. The van der Waals surface area contributed by atoms with E-state index in [2.05, 4.69) is 213 Å². The number of nitrogens with zero attached hydrogens (tertiary/aromatic N) is 1. The van der Waals surface area contributed by atoms with Gasteiger partial charge in [-0.05, 0) is 153 Å². The Balaban J connectivity index is 1.04. The summed E-state index contributed by atoms with van der Waals surface area (Å²) in [6.07, 6.45) is 6.64. The predicted molar refractivity (Wildman–Crippen MR) is 277 cm³/mol. The van der Waals surface area contributed by atoms with Crippen LogP contribution in [0.1, 0.15) is 90.8 Å². The summed E-state index contributed by atoms with van der Waals surface area (Å²) in [6.45, 7) is 4.86. The van der Waals surface area contributed by atoms with E-state index in [1.807, 2.05) is 0 Å². The lowest BCUT2D eigenvalue weighted by atomic mass is 9.64. The molecular weight excluding hydrogens is 811 g/mol. The molecule has 0 amide bonds. The van der Waals surface area contributed by atoms with Crippen molar-refractivity contribution in [3.63, 3.8) is 0 Å². The third-order valence-corrected chi connectivity index (χ3v) is 22.2. The molecule has 2 heteroatoms. The van der Waals surface area contributed by atoms with Crippen molar-refractivity contribution < 1.29 is 0 Å². The topological polar surface area (TPSA) is 3.24 Å². The zero-order chi connectivity index (χ0) is 43.5. The van der Waals surface area contributed by atoms with Crippen LogP contribution in [0.15, 0.2) is 194 Å². The lowest BCUT2D eigenvalue weighted by molar-refractivity contribution is 0.444. The van der Waals surface area contributed by atoms with Crippen LogP contribution in [0.25, 0.3) is 44.5 Å². The summed E-state index contributed by atoms with van der Waals surface area (Å²) in [5.74, 6) is 0.637. The van der Waals surface area contributed by atoms with Gasteiger partial charge in [0.1, 0.15) is 0 Å². The van der Waals surface area contributed by atoms with Gasteiger partial charge in [0.25, 0.3) is 0 Å². The highest BCUT2D eigenvalue weighted by atomic mass is 28.3. The molecule has 0 radical (unpaired) electrons. The fraction of sp³-hybridized carbons (Fsp3) is 0.156. The quantitative estimate of drug-likeness (QED) is 0.157. The van der Waals surface area contributed by atoms with Gasteiger partial charge < -0.3 is 4.90 Å². The van der Waals surface area contributed by atoms with E-state index in [1.165, 1.54) is 132 Å². The Kier molecular flexibility index (Phi) is 7.38. The van der Waals surface area contributed by atoms with Gasteiger partial charge in [-0.15, -0.1) is 0 Å². The molecule has 1 atom stereocenters. The first kappa shape index (κ1) is 37.2. The van der Waals surface area contributed by atoms with E-state index >= 15 is 0 Å². The van der Waals surface area contributed by atoms with Crippen LogP contribution in [-0.4, -0.2) is 8.07 Å². The van der Waals surface area contributed by atoms with Crippen molar-refractivity contribution in [3.05, 3.63) is 233 Å². The Labute approximate surface area is 389 Å². The Hall–Kier alpha value is -7.00. The van der Waals surface area contributed by atoms with E-state index in [0.29, 0.717) is 5.92 Å². The third kappa shape index (κ3) is 4.42. The summed E-state index contributed by atoms with van der Waals surface area (Å²) in [6, 6.07) is 76.5. The minimum atomic E-state index is -2.76. The number of hydrogen-bond donors (Lipinski definition) is 0. The Bertz CT molecular complexity index is 3530. The highest BCUT2D eigenvalue weighted by molar-refractivity contribution is 7.24. The normalized spacial score (nSPS) is 19.0. The first-order chi connectivity index (χ1) is 32.5. The minimum Gasteiger partial charge on any atom is -0.310 e. The van der Waals surface area contributed by atoms with Gasteiger partial charge in [-0.2, -0.15) is 0 Å². The number of benzene rings is 9. The summed E-state index contributed by atoms with van der Waals surface area (Å²) in [4.78, 5) is 2.67. The smallest absolute Gasteiger partial charge is 0.182 e. The van der Waals surface area contributed by atoms with Crippen LogP contribution in [0.4, 0.5) is 17.1 Å². The molecule has 1 fully saturated rings. The molecule has 3 heterocycles. The first-order valence-corrected chi connectivity index (χ1v) is 26.4. The number of rotatable bonds is 2. The van der Waals surface area contributed by atoms with Crippen LogP contribution in [0.3, 0.4) is 0 Å². The van der Waals surface area contributed by atoms with Gasteiger partial charge in [0.15, 0.2) is 8.07 Å². The highest BCUT2D eigenvalue weighted by Crippen LogP contribution is 2.65. The molecule has 1 saturated carbocycles. The van der Waals surface area contributed by atoms with E-state index in [0.717, 1.165) is 0 Å². The molecule has 1 nitrogen and oxygen atoms in total. The van der Waals surface area contributed by atoms with Crippen LogP contribution in [-0.2, 0) is 10.8 Å². The Morgan fingerprint density at radius 2 is 0.894 bits per heavy atom. The molecule has 0 N–H and O–H groups in total. The van der Waals surface area contributed by atoms with Crippen molar-refractivity contribution in [1.29, 1.82) is 0 Å². The average molecular weight is 860 g/mol. The van der Waals surface area contributed by atoms with Crippen molar-refractivity contribution in [1.82, 2.24) is 0 Å². The number of fused-ring (bicyclic) bond motifs is 22. The summed E-state index contributed by atoms with van der Waals surface area (Å²) in [5, 5.41) is 6.20. The van der Waals surface area contributed by atoms with Crippen molar-refractivity contribution in [2.24, 2.45) is 0 Å². The van der Waals surface area contributed by atoms with Crippen LogP contribution in [0, 0.1) is 0 Å². The van der Waals surface area contributed by atoms with Gasteiger partial charge in [0.05, 0.1) is 16.8 Å². The van der Waals surface area contributed by atoms with Gasteiger partial charge in [-0.3, -0.25) is 0 Å². The highest BCUT2D eigenvalue weighted by Gasteiger charge is 2.56. The van der Waals surface area contributed by atoms with Gasteiger partial charge in [0, 0.05) is 11.1 Å². The maximum atomic E-state index is 2.71. The van der Waals surface area contributed by atoms with Crippen LogP contribution >= 0.6 is 0 Å². The molecule has 0 saturated heterocycles. The minimum absolute atomic E-state index is 0.161. The Morgan fingerprint density at radius 1 is 0.379 bits per heavy atom. The number of para-hydroxylation sites is 1. The second kappa shape index (κ2) is 13.1. The number of anilines is 3. The van der Waals surface area contributed by atoms with Gasteiger partial charge >= 0.3 is 0 Å². The van der Waals surface area contributed by atoms with Crippen molar-refractivity contribution in [3.8, 4) is 44.5 Å². The number of hydrogen-bond acceptors (Lipinski definition) is 1. The average Bonchev–Trinajstić information content (AvgIpc) is 4.02. The van der Waals surface area contributed by atoms with Crippen LogP contribution in [0.2, 0.25) is 0 Å². The molecule has 15 rings (SSSR count). The lowest BCUT2D eigenvalue weighted by Gasteiger charge is -2.46. The zero-order valence-electron chi connectivity index (χ0n) is 37.5. The summed E-state index contributed by atoms with van der Waals surface area (Å²) < 4.78 is 0. The van der Waals surface area contributed by atoms with Crippen molar-refractivity contribution in [2.45, 2.75) is 62.7 Å². The second-order valence-electron chi connectivity index (χ2n) is 20.5. The Morgan fingerprint density at radius 3 is 1.56 bits per heavy atom. The monoisotopic (exact) mass is 859 g/mol. The predicted octanol–water partition coefficient (Wildman–Crippen LogP) is 13.5. The molecule has 6 aliphatic rings. The van der Waals surface area contributed by atoms with Crippen LogP contribution in [0.5, 0.6) is 0 Å². The molecule has 66 heavy (non-hydrogen) atoms.